The third-order valence-corrected chi connectivity index (χ3v) is 3.65. The molecule has 0 bridgehead atoms. The molecule has 0 amide bonds. The summed E-state index contributed by atoms with van der Waals surface area (Å²) in [5.74, 6) is -0.338. The van der Waals surface area contributed by atoms with E-state index in [2.05, 4.69) is 21.0 Å². The fourth-order valence-electron chi connectivity index (χ4n) is 2.50. The molecule has 0 spiro atoms. The van der Waals surface area contributed by atoms with E-state index in [1.807, 2.05) is 0 Å². The molecule has 1 N–H and O–H groups in total. The molecule has 0 radical (unpaired) electrons. The van der Waals surface area contributed by atoms with E-state index in [-0.39, 0.29) is 43.0 Å². The first-order valence-electron chi connectivity index (χ1n) is 7.20. The highest BCUT2D eigenvalue weighted by atomic mass is 35.5. The van der Waals surface area contributed by atoms with Gasteiger partial charge in [0, 0.05) is 32.2 Å². The summed E-state index contributed by atoms with van der Waals surface area (Å²) >= 11 is 0. The summed E-state index contributed by atoms with van der Waals surface area (Å²) in [5, 5.41) is 12.2. The highest BCUT2D eigenvalue weighted by molar-refractivity contribution is 5.85. The molecule has 4 nitrogen and oxygen atoms in total. The van der Waals surface area contributed by atoms with Crippen molar-refractivity contribution in [2.24, 2.45) is 0 Å². The van der Waals surface area contributed by atoms with Crippen molar-refractivity contribution in [3.63, 3.8) is 0 Å². The number of hydrogen-bond donors (Lipinski definition) is 1. The molecule has 2 rings (SSSR count). The monoisotopic (exact) mass is 403 g/mol. The first kappa shape index (κ1) is 23.7. The van der Waals surface area contributed by atoms with Gasteiger partial charge in [-0.05, 0) is 17.7 Å². The first-order valence-corrected chi connectivity index (χ1v) is 7.20. The molecule has 0 unspecified atom stereocenters. The lowest BCUT2D eigenvalue weighted by molar-refractivity contribution is -0.253. The van der Waals surface area contributed by atoms with Gasteiger partial charge in [0.25, 0.3) is 0 Å². The average Bonchev–Trinajstić information content (AvgIpc) is 2.54. The van der Waals surface area contributed by atoms with Gasteiger partial charge in [-0.1, -0.05) is 12.1 Å². The van der Waals surface area contributed by atoms with Crippen LogP contribution in [0.1, 0.15) is 18.0 Å². The van der Waals surface area contributed by atoms with Crippen molar-refractivity contribution in [2.45, 2.75) is 25.0 Å². The largest absolute Gasteiger partial charge is 0.461 e. The summed E-state index contributed by atoms with van der Waals surface area (Å²) in [5.41, 5.74) is 0.765. The summed E-state index contributed by atoms with van der Waals surface area (Å²) in [6.45, 7) is 3.16. The Kier molecular flexibility index (Phi) is 10.1. The lowest BCUT2D eigenvalue weighted by Gasteiger charge is -2.34. The molecule has 1 aliphatic heterocycles. The highest BCUT2D eigenvalue weighted by Crippen LogP contribution is 2.30. The highest BCUT2D eigenvalue weighted by Gasteiger charge is 2.43. The Hall–Kier alpha value is -1.27. The topological polar surface area (TPSA) is 48.3 Å². The fourth-order valence-corrected chi connectivity index (χ4v) is 2.50. The number of ether oxygens (including phenoxy) is 1. The summed E-state index contributed by atoms with van der Waals surface area (Å²) in [7, 11) is 0. The van der Waals surface area contributed by atoms with Crippen LogP contribution in [0.4, 0.5) is 17.6 Å². The van der Waals surface area contributed by atoms with Gasteiger partial charge < -0.3 is 10.1 Å². The minimum Gasteiger partial charge on any atom is -0.428 e. The SMILES string of the molecule is Cl.Cl.N#CC[C@H](c1ccc(OC(F)(F)C(F)F)cc1)N1CCNCC1. The number of alkyl halides is 4. The van der Waals surface area contributed by atoms with E-state index in [4.69, 9.17) is 5.26 Å². The zero-order valence-electron chi connectivity index (χ0n) is 13.1. The number of benzene rings is 1. The van der Waals surface area contributed by atoms with Gasteiger partial charge in [0.2, 0.25) is 0 Å². The van der Waals surface area contributed by atoms with E-state index in [1.54, 1.807) is 0 Å². The minimum absolute atomic E-state index is 0. The van der Waals surface area contributed by atoms with Gasteiger partial charge in [0.05, 0.1) is 12.5 Å². The van der Waals surface area contributed by atoms with Crippen LogP contribution in [0.5, 0.6) is 5.75 Å². The second kappa shape index (κ2) is 10.7. The van der Waals surface area contributed by atoms with Crippen LogP contribution in [0.25, 0.3) is 0 Å². The molecule has 1 aromatic rings. The number of nitrogens with zero attached hydrogens (tertiary/aromatic N) is 2. The predicted molar refractivity (Wildman–Crippen MR) is 89.9 cm³/mol. The van der Waals surface area contributed by atoms with Crippen LogP contribution in [0, 0.1) is 11.3 Å². The van der Waals surface area contributed by atoms with Gasteiger partial charge in [0.15, 0.2) is 0 Å². The molecule has 1 heterocycles. The van der Waals surface area contributed by atoms with Gasteiger partial charge >= 0.3 is 12.5 Å². The molecule has 1 aliphatic rings. The van der Waals surface area contributed by atoms with E-state index < -0.39 is 12.5 Å². The fraction of sp³-hybridized carbons (Fsp3) is 0.533. The Labute approximate surface area is 155 Å². The first-order chi connectivity index (χ1) is 10.9. The molecule has 142 valence electrons. The Balaban J connectivity index is 0.00000288. The second-order valence-electron chi connectivity index (χ2n) is 5.20. The van der Waals surface area contributed by atoms with E-state index >= 15 is 0 Å². The molecule has 0 aromatic heterocycles. The van der Waals surface area contributed by atoms with Crippen molar-refractivity contribution >= 4 is 24.8 Å². The van der Waals surface area contributed by atoms with Gasteiger partial charge in [-0.2, -0.15) is 22.8 Å². The maximum Gasteiger partial charge on any atom is 0.461 e. The molecule has 0 aliphatic carbocycles. The Morgan fingerprint density at radius 1 is 1.16 bits per heavy atom. The maximum atomic E-state index is 12.9. The molecule has 25 heavy (non-hydrogen) atoms. The number of piperazine rings is 1. The Morgan fingerprint density at radius 3 is 2.20 bits per heavy atom. The van der Waals surface area contributed by atoms with E-state index in [0.717, 1.165) is 31.7 Å². The Morgan fingerprint density at radius 2 is 1.72 bits per heavy atom. The van der Waals surface area contributed by atoms with Gasteiger partial charge in [-0.15, -0.1) is 24.8 Å². The summed E-state index contributed by atoms with van der Waals surface area (Å²) in [6.07, 6.45) is -8.16. The molecule has 0 saturated carbocycles. The normalized spacial score (nSPS) is 16.3. The minimum atomic E-state index is -4.52. The van der Waals surface area contributed by atoms with Crippen molar-refractivity contribution in [3.05, 3.63) is 29.8 Å². The van der Waals surface area contributed by atoms with E-state index in [9.17, 15) is 17.6 Å². The lowest BCUT2D eigenvalue weighted by atomic mass is 10.0. The molecular weight excluding hydrogens is 385 g/mol. The molecule has 1 atom stereocenters. The number of hydrogen-bond acceptors (Lipinski definition) is 4. The van der Waals surface area contributed by atoms with Crippen molar-refractivity contribution < 1.29 is 22.3 Å². The second-order valence-corrected chi connectivity index (χ2v) is 5.20. The predicted octanol–water partition coefficient (Wildman–Crippen LogP) is 3.63. The molecule has 1 fully saturated rings. The molecule has 10 heteroatoms. The summed E-state index contributed by atoms with van der Waals surface area (Å²) in [4.78, 5) is 2.13. The van der Waals surface area contributed by atoms with Crippen LogP contribution < -0.4 is 10.1 Å². The standard InChI is InChI=1S/C15H17F4N3O.2ClH/c16-14(17)15(18,19)23-12-3-1-11(2-4-12)13(5-6-20)22-9-7-21-8-10-22;;/h1-4,13-14,21H,5,7-10H2;2*1H/t13-;;/m1../s1. The summed E-state index contributed by atoms with van der Waals surface area (Å²) in [6, 6.07) is 7.46. The van der Waals surface area contributed by atoms with Crippen molar-refractivity contribution in [1.29, 1.82) is 5.26 Å². The number of nitriles is 1. The van der Waals surface area contributed by atoms with Crippen LogP contribution in [-0.4, -0.2) is 43.6 Å². The number of rotatable bonds is 6. The lowest BCUT2D eigenvalue weighted by Crippen LogP contribution is -2.45. The third kappa shape index (κ3) is 6.51. The zero-order chi connectivity index (χ0) is 16.9. The van der Waals surface area contributed by atoms with Crippen LogP contribution in [0.2, 0.25) is 0 Å². The van der Waals surface area contributed by atoms with Crippen LogP contribution in [0.3, 0.4) is 0 Å². The average molecular weight is 404 g/mol. The van der Waals surface area contributed by atoms with Crippen LogP contribution >= 0.6 is 24.8 Å². The number of halogens is 6. The van der Waals surface area contributed by atoms with Gasteiger partial charge in [-0.3, -0.25) is 4.90 Å². The molecule has 1 aromatic carbocycles. The van der Waals surface area contributed by atoms with Crippen molar-refractivity contribution in [1.82, 2.24) is 10.2 Å². The zero-order valence-corrected chi connectivity index (χ0v) is 14.8. The quantitative estimate of drug-likeness (QED) is 0.736. The third-order valence-electron chi connectivity index (χ3n) is 3.65. The van der Waals surface area contributed by atoms with Gasteiger partial charge in [0.1, 0.15) is 5.75 Å². The van der Waals surface area contributed by atoms with Gasteiger partial charge in [-0.25, -0.2) is 0 Å². The molecular formula is C15H19Cl2F4N3O. The van der Waals surface area contributed by atoms with Crippen LogP contribution in [-0.2, 0) is 0 Å². The smallest absolute Gasteiger partial charge is 0.428 e. The Bertz CT molecular complexity index is 549. The summed E-state index contributed by atoms with van der Waals surface area (Å²) < 4.78 is 54.0. The molecule has 1 saturated heterocycles. The maximum absolute atomic E-state index is 12.9. The van der Waals surface area contributed by atoms with Crippen LogP contribution in [0.15, 0.2) is 24.3 Å². The van der Waals surface area contributed by atoms with E-state index in [1.165, 1.54) is 24.3 Å². The van der Waals surface area contributed by atoms with Crippen molar-refractivity contribution in [2.75, 3.05) is 26.2 Å². The van der Waals surface area contributed by atoms with E-state index in [0.29, 0.717) is 0 Å². The van der Waals surface area contributed by atoms with Crippen molar-refractivity contribution in [3.8, 4) is 11.8 Å². The number of nitrogens with one attached hydrogen (secondary N) is 1.